The highest BCUT2D eigenvalue weighted by Gasteiger charge is 2.18. The molecule has 0 bridgehead atoms. The fourth-order valence-corrected chi connectivity index (χ4v) is 3.71. The lowest BCUT2D eigenvalue weighted by atomic mass is 10.3. The number of thioether (sulfide) groups is 1. The SMILES string of the molecule is O=C(CSc1nc(Nc2ccccc2)nc(N2CCOCC2)n1)Nc1cccc([NH+]([O-])O)c1. The number of rotatable bonds is 8. The summed E-state index contributed by atoms with van der Waals surface area (Å²) in [6.07, 6.45) is 0. The van der Waals surface area contributed by atoms with Crippen LogP contribution in [0.5, 0.6) is 0 Å². The number of aromatic nitrogens is 3. The van der Waals surface area contributed by atoms with E-state index in [1.165, 1.54) is 23.9 Å². The zero-order chi connectivity index (χ0) is 23.0. The van der Waals surface area contributed by atoms with Gasteiger partial charge in [0.2, 0.25) is 17.8 Å². The monoisotopic (exact) mass is 469 g/mol. The molecule has 0 aliphatic carbocycles. The molecule has 11 nitrogen and oxygen atoms in total. The minimum Gasteiger partial charge on any atom is -0.595 e. The number of para-hydroxylation sites is 1. The Morgan fingerprint density at radius 2 is 1.85 bits per heavy atom. The van der Waals surface area contributed by atoms with Crippen LogP contribution in [0.25, 0.3) is 0 Å². The van der Waals surface area contributed by atoms with Crippen molar-refractivity contribution in [3.63, 3.8) is 0 Å². The highest BCUT2D eigenvalue weighted by Crippen LogP contribution is 2.22. The van der Waals surface area contributed by atoms with Crippen molar-refractivity contribution in [1.82, 2.24) is 15.0 Å². The van der Waals surface area contributed by atoms with Crippen LogP contribution in [-0.2, 0) is 9.53 Å². The first-order valence-corrected chi connectivity index (χ1v) is 11.2. The zero-order valence-electron chi connectivity index (χ0n) is 17.6. The number of hydrogen-bond donors (Lipinski definition) is 4. The van der Waals surface area contributed by atoms with Crippen molar-refractivity contribution < 1.29 is 20.0 Å². The molecule has 1 aliphatic rings. The minimum absolute atomic E-state index is 0.0502. The molecular weight excluding hydrogens is 446 g/mol. The maximum atomic E-state index is 12.4. The molecule has 0 radical (unpaired) electrons. The third-order valence-corrected chi connectivity index (χ3v) is 5.50. The number of hydrogen-bond acceptors (Lipinski definition) is 10. The molecule has 1 amide bonds. The van der Waals surface area contributed by atoms with E-state index in [0.29, 0.717) is 49.0 Å². The molecule has 4 rings (SSSR count). The predicted octanol–water partition coefficient (Wildman–Crippen LogP) is 1.59. The smallest absolute Gasteiger partial charge is 0.234 e. The Kier molecular flexibility index (Phi) is 7.65. The number of amides is 1. The van der Waals surface area contributed by atoms with Gasteiger partial charge in [0.05, 0.1) is 19.0 Å². The first-order chi connectivity index (χ1) is 16.1. The topological polar surface area (TPSA) is 140 Å². The summed E-state index contributed by atoms with van der Waals surface area (Å²) in [5, 5.41) is 25.4. The summed E-state index contributed by atoms with van der Waals surface area (Å²) >= 11 is 1.17. The van der Waals surface area contributed by atoms with Crippen LogP contribution in [0.1, 0.15) is 0 Å². The summed E-state index contributed by atoms with van der Waals surface area (Å²) in [6, 6.07) is 15.6. The van der Waals surface area contributed by atoms with Crippen molar-refractivity contribution in [2.75, 3.05) is 47.6 Å². The van der Waals surface area contributed by atoms with Crippen LogP contribution in [-0.4, -0.2) is 58.1 Å². The molecular formula is C21H23N7O4S. The van der Waals surface area contributed by atoms with Gasteiger partial charge in [-0.25, -0.2) is 5.21 Å². The molecule has 33 heavy (non-hydrogen) atoms. The van der Waals surface area contributed by atoms with Gasteiger partial charge in [0.25, 0.3) is 0 Å². The summed E-state index contributed by atoms with van der Waals surface area (Å²) in [5.41, 5.74) is 1.35. The molecule has 2 heterocycles. The highest BCUT2D eigenvalue weighted by atomic mass is 32.2. The number of benzene rings is 2. The Balaban J connectivity index is 1.46. The first-order valence-electron chi connectivity index (χ1n) is 10.2. The number of nitrogens with zero attached hydrogens (tertiary/aromatic N) is 4. The molecule has 1 aliphatic heterocycles. The minimum atomic E-state index is -1.06. The number of nitrogens with one attached hydrogen (secondary N) is 3. The van der Waals surface area contributed by atoms with Crippen LogP contribution in [0, 0.1) is 5.21 Å². The van der Waals surface area contributed by atoms with E-state index in [9.17, 15) is 10.0 Å². The maximum absolute atomic E-state index is 12.4. The summed E-state index contributed by atoms with van der Waals surface area (Å²) in [7, 11) is 0. The standard InChI is InChI=1S/C21H23N7O4S/c29-18(22-16-7-4-8-17(13-16)28(30)31)14-33-21-25-19(23-15-5-2-1-3-6-15)24-20(26-21)27-9-11-32-12-10-27/h1-8,13,28,30H,9-12,14H2,(H,22,29)(H,23,24,25,26). The average Bonchev–Trinajstić information content (AvgIpc) is 2.84. The number of carbonyl (C=O) groups excluding carboxylic acids is 1. The number of ether oxygens (including phenoxy) is 1. The molecule has 3 aromatic rings. The van der Waals surface area contributed by atoms with Gasteiger partial charge in [-0.1, -0.05) is 36.0 Å². The lowest BCUT2D eigenvalue weighted by Crippen LogP contribution is -2.99. The molecule has 1 saturated heterocycles. The van der Waals surface area contributed by atoms with Crippen molar-refractivity contribution in [2.45, 2.75) is 5.16 Å². The lowest BCUT2D eigenvalue weighted by molar-refractivity contribution is -0.991. The molecule has 0 spiro atoms. The summed E-state index contributed by atoms with van der Waals surface area (Å²) < 4.78 is 5.41. The molecule has 1 atom stereocenters. The van der Waals surface area contributed by atoms with Gasteiger partial charge in [-0.05, 0) is 18.2 Å². The Morgan fingerprint density at radius 3 is 2.61 bits per heavy atom. The van der Waals surface area contributed by atoms with Crippen LogP contribution < -0.4 is 20.8 Å². The number of quaternary nitrogens is 1. The summed E-state index contributed by atoms with van der Waals surface area (Å²) in [6.45, 7) is 2.51. The largest absolute Gasteiger partial charge is 0.595 e. The van der Waals surface area contributed by atoms with E-state index in [4.69, 9.17) is 9.94 Å². The van der Waals surface area contributed by atoms with E-state index >= 15 is 0 Å². The molecule has 4 N–H and O–H groups in total. The van der Waals surface area contributed by atoms with Crippen LogP contribution in [0.15, 0.2) is 59.8 Å². The lowest BCUT2D eigenvalue weighted by Gasteiger charge is -2.27. The van der Waals surface area contributed by atoms with Gasteiger partial charge in [0.15, 0.2) is 10.8 Å². The van der Waals surface area contributed by atoms with Gasteiger partial charge in [0.1, 0.15) is 0 Å². The van der Waals surface area contributed by atoms with E-state index in [0.717, 1.165) is 5.69 Å². The van der Waals surface area contributed by atoms with Gasteiger partial charge in [-0.3, -0.25) is 4.79 Å². The highest BCUT2D eigenvalue weighted by molar-refractivity contribution is 7.99. The van der Waals surface area contributed by atoms with E-state index < -0.39 is 5.23 Å². The molecule has 12 heteroatoms. The third-order valence-electron chi connectivity index (χ3n) is 4.65. The molecule has 1 fully saturated rings. The zero-order valence-corrected chi connectivity index (χ0v) is 18.4. The first kappa shape index (κ1) is 22.9. The van der Waals surface area contributed by atoms with Gasteiger partial charge in [0, 0.05) is 36.6 Å². The van der Waals surface area contributed by atoms with Gasteiger partial charge in [-0.2, -0.15) is 20.2 Å². The molecule has 172 valence electrons. The second kappa shape index (κ2) is 11.0. The van der Waals surface area contributed by atoms with Crippen LogP contribution in [0.3, 0.4) is 0 Å². The molecule has 2 aromatic carbocycles. The van der Waals surface area contributed by atoms with Gasteiger partial charge in [-0.15, -0.1) is 0 Å². The van der Waals surface area contributed by atoms with Crippen molar-refractivity contribution in [3.05, 3.63) is 59.8 Å². The van der Waals surface area contributed by atoms with E-state index in [1.54, 1.807) is 12.1 Å². The van der Waals surface area contributed by atoms with E-state index in [-0.39, 0.29) is 17.3 Å². The number of carbonyl (C=O) groups is 1. The third kappa shape index (κ3) is 6.60. The average molecular weight is 470 g/mol. The Bertz CT molecular complexity index is 1080. The number of morpholine rings is 1. The molecule has 1 aromatic heterocycles. The normalized spacial score (nSPS) is 14.5. The van der Waals surface area contributed by atoms with Gasteiger partial charge >= 0.3 is 0 Å². The van der Waals surface area contributed by atoms with Crippen molar-refractivity contribution in [1.29, 1.82) is 0 Å². The Hall–Kier alpha value is -3.29. The van der Waals surface area contributed by atoms with Crippen LogP contribution >= 0.6 is 11.8 Å². The van der Waals surface area contributed by atoms with Crippen molar-refractivity contribution in [2.24, 2.45) is 0 Å². The summed E-state index contributed by atoms with van der Waals surface area (Å²) in [4.78, 5) is 28.0. The van der Waals surface area contributed by atoms with Crippen LogP contribution in [0.2, 0.25) is 0 Å². The Morgan fingerprint density at radius 1 is 1.09 bits per heavy atom. The van der Waals surface area contributed by atoms with Crippen molar-refractivity contribution >= 4 is 46.6 Å². The Labute approximate surface area is 194 Å². The van der Waals surface area contributed by atoms with Crippen LogP contribution in [0.4, 0.5) is 29.0 Å². The number of anilines is 4. The quantitative estimate of drug-likeness (QED) is 0.284. The van der Waals surface area contributed by atoms with Gasteiger partial charge < -0.3 is 25.5 Å². The predicted molar refractivity (Wildman–Crippen MR) is 124 cm³/mol. The van der Waals surface area contributed by atoms with Crippen molar-refractivity contribution in [3.8, 4) is 0 Å². The molecule has 0 saturated carbocycles. The summed E-state index contributed by atoms with van der Waals surface area (Å²) in [5.74, 6) is 0.654. The van der Waals surface area contributed by atoms with E-state index in [2.05, 4.69) is 25.6 Å². The van der Waals surface area contributed by atoms with E-state index in [1.807, 2.05) is 35.2 Å². The molecule has 1 unspecified atom stereocenters. The fourth-order valence-electron chi connectivity index (χ4n) is 3.08. The second-order valence-electron chi connectivity index (χ2n) is 7.05. The maximum Gasteiger partial charge on any atom is 0.234 e. The fraction of sp³-hybridized carbons (Fsp3) is 0.238. The second-order valence-corrected chi connectivity index (χ2v) is 8.00.